The van der Waals surface area contributed by atoms with Crippen molar-refractivity contribution in [1.82, 2.24) is 15.2 Å². The van der Waals surface area contributed by atoms with Crippen LogP contribution in [0, 0.1) is 6.92 Å². The number of likely N-dealkylation sites (tertiary alicyclic amines) is 1. The lowest BCUT2D eigenvalue weighted by atomic mass is 10.0. The zero-order valence-electron chi connectivity index (χ0n) is 22.3. The molecule has 4 aromatic rings. The van der Waals surface area contributed by atoms with E-state index in [2.05, 4.69) is 45.7 Å². The SMILES string of the molecule is COc1cc(C(=O)NC2CCN(Cc3c[nH]c4ccc(OCc5ccccc5)cc34)CC2)cc(OC)c1C. The number of aromatic amines is 1. The summed E-state index contributed by atoms with van der Waals surface area (Å²) in [6, 6.07) is 20.1. The number of ether oxygens (including phenoxy) is 3. The van der Waals surface area contributed by atoms with Crippen LogP contribution in [-0.4, -0.2) is 49.1 Å². The van der Waals surface area contributed by atoms with E-state index in [-0.39, 0.29) is 11.9 Å². The minimum atomic E-state index is -0.0975. The van der Waals surface area contributed by atoms with Crippen LogP contribution in [0.5, 0.6) is 17.2 Å². The second-order valence-corrected chi connectivity index (χ2v) is 9.83. The van der Waals surface area contributed by atoms with Crippen molar-refractivity contribution >= 4 is 16.8 Å². The Morgan fingerprint density at radius 1 is 1.00 bits per heavy atom. The van der Waals surface area contributed by atoms with Crippen molar-refractivity contribution in [2.75, 3.05) is 27.3 Å². The summed E-state index contributed by atoms with van der Waals surface area (Å²) >= 11 is 0. The third-order valence-electron chi connectivity index (χ3n) is 7.32. The number of amides is 1. The van der Waals surface area contributed by atoms with Crippen LogP contribution in [0.1, 0.15) is 39.9 Å². The van der Waals surface area contributed by atoms with E-state index in [0.29, 0.717) is 23.7 Å². The van der Waals surface area contributed by atoms with Gasteiger partial charge in [-0.25, -0.2) is 0 Å². The molecule has 1 aromatic heterocycles. The molecule has 38 heavy (non-hydrogen) atoms. The highest BCUT2D eigenvalue weighted by atomic mass is 16.5. The molecule has 1 aliphatic rings. The minimum Gasteiger partial charge on any atom is -0.496 e. The molecule has 3 aromatic carbocycles. The average molecular weight is 514 g/mol. The maximum absolute atomic E-state index is 13.0. The number of carbonyl (C=O) groups is 1. The van der Waals surface area contributed by atoms with Gasteiger partial charge in [-0.2, -0.15) is 0 Å². The van der Waals surface area contributed by atoms with Crippen LogP contribution in [0.4, 0.5) is 0 Å². The highest BCUT2D eigenvalue weighted by Crippen LogP contribution is 2.30. The number of nitrogens with zero attached hydrogens (tertiary/aromatic N) is 1. The summed E-state index contributed by atoms with van der Waals surface area (Å²) in [7, 11) is 3.21. The van der Waals surface area contributed by atoms with E-state index in [1.165, 1.54) is 10.9 Å². The smallest absolute Gasteiger partial charge is 0.251 e. The molecule has 0 saturated carbocycles. The van der Waals surface area contributed by atoms with Gasteiger partial charge in [0.15, 0.2) is 0 Å². The number of carbonyl (C=O) groups excluding carboxylic acids is 1. The van der Waals surface area contributed by atoms with Gasteiger partial charge in [0.2, 0.25) is 0 Å². The summed E-state index contributed by atoms with van der Waals surface area (Å²) in [4.78, 5) is 18.8. The summed E-state index contributed by atoms with van der Waals surface area (Å²) in [5, 5.41) is 4.39. The summed E-state index contributed by atoms with van der Waals surface area (Å²) in [5.74, 6) is 2.07. The maximum Gasteiger partial charge on any atom is 0.251 e. The fraction of sp³-hybridized carbons (Fsp3) is 0.323. The number of nitrogens with one attached hydrogen (secondary N) is 2. The van der Waals surface area contributed by atoms with E-state index in [0.717, 1.165) is 54.9 Å². The Morgan fingerprint density at radius 3 is 2.39 bits per heavy atom. The quantitative estimate of drug-likeness (QED) is 0.311. The van der Waals surface area contributed by atoms with Crippen LogP contribution < -0.4 is 19.5 Å². The first-order chi connectivity index (χ1) is 18.5. The maximum atomic E-state index is 13.0. The Kier molecular flexibility index (Phi) is 7.84. The van der Waals surface area contributed by atoms with Crippen molar-refractivity contribution < 1.29 is 19.0 Å². The summed E-state index contributed by atoms with van der Waals surface area (Å²) in [6.45, 7) is 5.16. The van der Waals surface area contributed by atoms with Crippen LogP contribution in [0.25, 0.3) is 10.9 Å². The van der Waals surface area contributed by atoms with E-state index in [9.17, 15) is 4.79 Å². The van der Waals surface area contributed by atoms with Gasteiger partial charge < -0.3 is 24.5 Å². The fourth-order valence-electron chi connectivity index (χ4n) is 5.08. The lowest BCUT2D eigenvalue weighted by molar-refractivity contribution is 0.0908. The predicted octanol–water partition coefficient (Wildman–Crippen LogP) is 5.47. The number of H-pyrrole nitrogens is 1. The largest absolute Gasteiger partial charge is 0.496 e. The molecule has 2 N–H and O–H groups in total. The molecule has 0 aliphatic carbocycles. The van der Waals surface area contributed by atoms with Crippen LogP contribution in [0.3, 0.4) is 0 Å². The van der Waals surface area contributed by atoms with Crippen LogP contribution >= 0.6 is 0 Å². The topological polar surface area (TPSA) is 75.8 Å². The van der Waals surface area contributed by atoms with Gasteiger partial charge in [0.05, 0.1) is 14.2 Å². The van der Waals surface area contributed by atoms with Gasteiger partial charge in [0, 0.05) is 53.9 Å². The van der Waals surface area contributed by atoms with E-state index in [1.54, 1.807) is 26.4 Å². The Hall–Kier alpha value is -3.97. The van der Waals surface area contributed by atoms with E-state index >= 15 is 0 Å². The number of fused-ring (bicyclic) bond motifs is 1. The van der Waals surface area contributed by atoms with Crippen molar-refractivity contribution in [3.8, 4) is 17.2 Å². The molecule has 0 atom stereocenters. The van der Waals surface area contributed by atoms with E-state index < -0.39 is 0 Å². The monoisotopic (exact) mass is 513 g/mol. The Morgan fingerprint density at radius 2 is 1.71 bits per heavy atom. The van der Waals surface area contributed by atoms with E-state index in [1.807, 2.05) is 31.2 Å². The molecule has 5 rings (SSSR count). The van der Waals surface area contributed by atoms with Crippen LogP contribution in [0.15, 0.2) is 66.9 Å². The highest BCUT2D eigenvalue weighted by Gasteiger charge is 2.23. The number of hydrogen-bond acceptors (Lipinski definition) is 5. The first kappa shape index (κ1) is 25.7. The first-order valence-electron chi connectivity index (χ1n) is 13.1. The van der Waals surface area contributed by atoms with Crippen molar-refractivity contribution in [1.29, 1.82) is 0 Å². The van der Waals surface area contributed by atoms with Crippen molar-refractivity contribution in [3.63, 3.8) is 0 Å². The van der Waals surface area contributed by atoms with Gasteiger partial charge in [-0.1, -0.05) is 30.3 Å². The van der Waals surface area contributed by atoms with Gasteiger partial charge in [0.25, 0.3) is 5.91 Å². The van der Waals surface area contributed by atoms with Gasteiger partial charge in [0.1, 0.15) is 23.9 Å². The summed E-state index contributed by atoms with van der Waals surface area (Å²) < 4.78 is 16.9. The number of benzene rings is 3. The summed E-state index contributed by atoms with van der Waals surface area (Å²) in [5.41, 5.74) is 4.95. The number of piperidine rings is 1. The van der Waals surface area contributed by atoms with E-state index in [4.69, 9.17) is 14.2 Å². The van der Waals surface area contributed by atoms with Gasteiger partial charge in [-0.3, -0.25) is 9.69 Å². The molecular formula is C31H35N3O4. The summed E-state index contributed by atoms with van der Waals surface area (Å²) in [6.07, 6.45) is 3.90. The number of methoxy groups -OCH3 is 2. The van der Waals surface area contributed by atoms with Gasteiger partial charge in [-0.15, -0.1) is 0 Å². The number of hydrogen-bond donors (Lipinski definition) is 2. The zero-order chi connectivity index (χ0) is 26.5. The lowest BCUT2D eigenvalue weighted by Crippen LogP contribution is -2.44. The molecule has 198 valence electrons. The molecule has 7 heteroatoms. The number of aromatic nitrogens is 1. The number of rotatable bonds is 9. The molecular weight excluding hydrogens is 478 g/mol. The van der Waals surface area contributed by atoms with Crippen LogP contribution in [-0.2, 0) is 13.2 Å². The first-order valence-corrected chi connectivity index (χ1v) is 13.1. The van der Waals surface area contributed by atoms with Crippen molar-refractivity contribution in [3.05, 3.63) is 89.1 Å². The molecule has 1 fully saturated rings. The fourth-order valence-corrected chi connectivity index (χ4v) is 5.08. The van der Waals surface area contributed by atoms with Gasteiger partial charge in [-0.05, 0) is 61.2 Å². The second kappa shape index (κ2) is 11.6. The Bertz CT molecular complexity index is 1370. The molecule has 1 amide bonds. The van der Waals surface area contributed by atoms with Crippen LogP contribution in [0.2, 0.25) is 0 Å². The van der Waals surface area contributed by atoms with Gasteiger partial charge >= 0.3 is 0 Å². The Labute approximate surface area is 223 Å². The molecule has 7 nitrogen and oxygen atoms in total. The van der Waals surface area contributed by atoms with Crippen molar-refractivity contribution in [2.24, 2.45) is 0 Å². The highest BCUT2D eigenvalue weighted by molar-refractivity contribution is 5.95. The third kappa shape index (κ3) is 5.78. The third-order valence-corrected chi connectivity index (χ3v) is 7.32. The van der Waals surface area contributed by atoms with Crippen molar-refractivity contribution in [2.45, 2.75) is 39.0 Å². The standard InChI is InChI=1S/C31H35N3O4/c1-21-29(36-2)15-23(16-30(21)37-3)31(35)33-25-11-13-34(14-12-25)19-24-18-32-28-10-9-26(17-27(24)28)38-20-22-7-5-4-6-8-22/h4-10,15-18,25,32H,11-14,19-20H2,1-3H3,(H,33,35). The molecule has 2 heterocycles. The molecule has 0 unspecified atom stereocenters. The molecule has 0 bridgehead atoms. The Balaban J connectivity index is 1.17. The second-order valence-electron chi connectivity index (χ2n) is 9.83. The molecule has 0 spiro atoms. The average Bonchev–Trinajstić information content (AvgIpc) is 3.35. The zero-order valence-corrected chi connectivity index (χ0v) is 22.3. The molecule has 1 saturated heterocycles. The molecule has 0 radical (unpaired) electrons. The predicted molar refractivity (Wildman–Crippen MR) is 149 cm³/mol. The molecule has 1 aliphatic heterocycles. The lowest BCUT2D eigenvalue weighted by Gasteiger charge is -2.32. The minimum absolute atomic E-state index is 0.0975. The normalized spacial score (nSPS) is 14.4.